The smallest absolute Gasteiger partial charge is 0.246 e. The Morgan fingerprint density at radius 1 is 1.10 bits per heavy atom. The lowest BCUT2D eigenvalue weighted by Crippen LogP contribution is -2.21. The number of aryl methyl sites for hydroxylation is 1. The number of anilines is 1. The van der Waals surface area contributed by atoms with Crippen LogP contribution in [0, 0.1) is 6.92 Å². The van der Waals surface area contributed by atoms with Crippen molar-refractivity contribution in [2.45, 2.75) is 19.2 Å². The zero-order valence-corrected chi connectivity index (χ0v) is 18.1. The molecule has 0 spiro atoms. The Balaban J connectivity index is 1.57. The topological polar surface area (TPSA) is 94.0 Å². The van der Waals surface area contributed by atoms with Crippen LogP contribution in [-0.4, -0.2) is 35.1 Å². The van der Waals surface area contributed by atoms with E-state index in [1.807, 2.05) is 54.8 Å². The van der Waals surface area contributed by atoms with E-state index < -0.39 is 9.84 Å². The van der Waals surface area contributed by atoms with Gasteiger partial charge in [-0.3, -0.25) is 4.79 Å². The van der Waals surface area contributed by atoms with Crippen LogP contribution in [0.15, 0.2) is 53.9 Å². The molecule has 1 amide bonds. The minimum Gasteiger partial charge on any atom is -0.318 e. The van der Waals surface area contributed by atoms with Gasteiger partial charge in [0, 0.05) is 17.2 Å². The molecule has 0 saturated heterocycles. The average Bonchev–Trinajstić information content (AvgIpc) is 3.26. The van der Waals surface area contributed by atoms with Gasteiger partial charge in [-0.05, 0) is 24.6 Å². The second kappa shape index (κ2) is 8.00. The fourth-order valence-electron chi connectivity index (χ4n) is 3.26. The highest BCUT2D eigenvalue weighted by atomic mass is 32.2. The molecule has 4 aromatic rings. The summed E-state index contributed by atoms with van der Waals surface area (Å²) < 4.78 is 25.3. The first-order valence-electron chi connectivity index (χ1n) is 9.23. The van der Waals surface area contributed by atoms with Crippen LogP contribution >= 0.6 is 11.3 Å². The molecule has 2 aromatic heterocycles. The number of sulfone groups is 1. The Bertz CT molecular complexity index is 1340. The Kier molecular flexibility index (Phi) is 5.40. The first-order chi connectivity index (χ1) is 14.3. The summed E-state index contributed by atoms with van der Waals surface area (Å²) in [4.78, 5) is 21.6. The molecule has 0 atom stereocenters. The maximum absolute atomic E-state index is 12.7. The van der Waals surface area contributed by atoms with Gasteiger partial charge in [0.05, 0.1) is 16.7 Å². The zero-order chi connectivity index (χ0) is 21.3. The molecular weight excluding hydrogens is 420 g/mol. The van der Waals surface area contributed by atoms with Crippen molar-refractivity contribution in [3.8, 4) is 11.3 Å². The number of nitrogens with one attached hydrogen (secondary N) is 1. The Morgan fingerprint density at radius 2 is 1.83 bits per heavy atom. The van der Waals surface area contributed by atoms with Crippen molar-refractivity contribution in [2.75, 3.05) is 11.6 Å². The third kappa shape index (κ3) is 4.42. The van der Waals surface area contributed by atoms with Gasteiger partial charge in [-0.25, -0.2) is 18.4 Å². The lowest BCUT2D eigenvalue weighted by molar-refractivity contribution is -0.116. The van der Waals surface area contributed by atoms with Gasteiger partial charge in [0.1, 0.15) is 18.1 Å². The second-order valence-electron chi connectivity index (χ2n) is 7.07. The van der Waals surface area contributed by atoms with Crippen LogP contribution in [0.1, 0.15) is 11.4 Å². The van der Waals surface area contributed by atoms with Crippen LogP contribution in [0.5, 0.6) is 0 Å². The van der Waals surface area contributed by atoms with Crippen LogP contribution in [0.2, 0.25) is 0 Å². The molecule has 0 radical (unpaired) electrons. The molecule has 0 aliphatic carbocycles. The summed E-state index contributed by atoms with van der Waals surface area (Å²) >= 11 is 1.35. The van der Waals surface area contributed by atoms with E-state index in [-0.39, 0.29) is 18.2 Å². The largest absolute Gasteiger partial charge is 0.318 e. The van der Waals surface area contributed by atoms with Crippen molar-refractivity contribution in [1.29, 1.82) is 0 Å². The normalized spacial score (nSPS) is 11.7. The number of fused-ring (bicyclic) bond motifs is 1. The van der Waals surface area contributed by atoms with Crippen molar-refractivity contribution >= 4 is 43.2 Å². The van der Waals surface area contributed by atoms with Crippen LogP contribution in [-0.2, 0) is 26.9 Å². The fraction of sp³-hybridized carbons (Fsp3) is 0.190. The summed E-state index contributed by atoms with van der Waals surface area (Å²) in [7, 11) is -3.30. The van der Waals surface area contributed by atoms with Crippen LogP contribution < -0.4 is 5.32 Å². The van der Waals surface area contributed by atoms with E-state index in [1.165, 1.54) is 11.3 Å². The summed E-state index contributed by atoms with van der Waals surface area (Å²) in [6.07, 6.45) is 1.15. The highest BCUT2D eigenvalue weighted by molar-refractivity contribution is 7.89. The SMILES string of the molecule is Cc1ccccc1-c1csc(NC(=O)Cn2c(CS(C)(=O)=O)nc3ccccc32)n1. The lowest BCUT2D eigenvalue weighted by Gasteiger charge is -2.08. The number of hydrogen-bond donors (Lipinski definition) is 1. The Labute approximate surface area is 178 Å². The van der Waals surface area contributed by atoms with E-state index in [9.17, 15) is 13.2 Å². The van der Waals surface area contributed by atoms with Gasteiger partial charge in [-0.1, -0.05) is 36.4 Å². The standard InChI is InChI=1S/C21H20N4O3S2/c1-14-7-3-4-8-15(14)17-12-29-21(23-17)24-20(26)11-25-18-10-6-5-9-16(18)22-19(25)13-30(2,27)28/h3-10,12H,11,13H2,1-2H3,(H,23,24,26). The van der Waals surface area contributed by atoms with Gasteiger partial charge in [-0.15, -0.1) is 11.3 Å². The summed E-state index contributed by atoms with van der Waals surface area (Å²) in [5.74, 6) is -0.184. The maximum atomic E-state index is 12.7. The average molecular weight is 441 g/mol. The van der Waals surface area contributed by atoms with E-state index in [0.717, 1.165) is 23.1 Å². The molecule has 0 unspecified atom stereocenters. The number of amides is 1. The van der Waals surface area contributed by atoms with Gasteiger partial charge in [0.2, 0.25) is 5.91 Å². The van der Waals surface area contributed by atoms with Gasteiger partial charge in [0.15, 0.2) is 15.0 Å². The number of hydrogen-bond acceptors (Lipinski definition) is 6. The predicted molar refractivity (Wildman–Crippen MR) is 119 cm³/mol. The molecule has 0 aliphatic heterocycles. The second-order valence-corrected chi connectivity index (χ2v) is 10.1. The monoisotopic (exact) mass is 440 g/mol. The molecule has 9 heteroatoms. The first kappa shape index (κ1) is 20.2. The number of rotatable bonds is 6. The Morgan fingerprint density at radius 3 is 2.60 bits per heavy atom. The minimum absolute atomic E-state index is 0.0509. The number of benzene rings is 2. The lowest BCUT2D eigenvalue weighted by atomic mass is 10.1. The van der Waals surface area contributed by atoms with Crippen LogP contribution in [0.25, 0.3) is 22.3 Å². The highest BCUT2D eigenvalue weighted by Gasteiger charge is 2.18. The van der Waals surface area contributed by atoms with Crippen molar-refractivity contribution < 1.29 is 13.2 Å². The molecular formula is C21H20N4O3S2. The first-order valence-corrected chi connectivity index (χ1v) is 12.2. The molecule has 0 fully saturated rings. The maximum Gasteiger partial charge on any atom is 0.246 e. The number of nitrogens with zero attached hydrogens (tertiary/aromatic N) is 3. The van der Waals surface area contributed by atoms with Crippen molar-refractivity contribution in [2.24, 2.45) is 0 Å². The minimum atomic E-state index is -3.30. The number of thiazole rings is 1. The number of imidazole rings is 1. The molecule has 0 aliphatic rings. The molecule has 0 bridgehead atoms. The van der Waals surface area contributed by atoms with Gasteiger partial charge < -0.3 is 9.88 Å². The Hall–Kier alpha value is -3.04. The van der Waals surface area contributed by atoms with Crippen molar-refractivity contribution in [3.63, 3.8) is 0 Å². The number of para-hydroxylation sites is 2. The fourth-order valence-corrected chi connectivity index (χ4v) is 4.68. The molecule has 154 valence electrons. The summed E-state index contributed by atoms with van der Waals surface area (Å²) in [6.45, 7) is 1.96. The van der Waals surface area contributed by atoms with Gasteiger partial charge in [-0.2, -0.15) is 0 Å². The summed E-state index contributed by atoms with van der Waals surface area (Å²) in [5.41, 5.74) is 4.30. The molecule has 2 aromatic carbocycles. The van der Waals surface area contributed by atoms with E-state index in [0.29, 0.717) is 22.0 Å². The number of aromatic nitrogens is 3. The van der Waals surface area contributed by atoms with Crippen LogP contribution in [0.3, 0.4) is 0 Å². The number of carbonyl (C=O) groups excluding carboxylic acids is 1. The number of carbonyl (C=O) groups is 1. The van der Waals surface area contributed by atoms with Crippen molar-refractivity contribution in [1.82, 2.24) is 14.5 Å². The van der Waals surface area contributed by atoms with E-state index in [4.69, 9.17) is 0 Å². The van der Waals surface area contributed by atoms with Gasteiger partial charge >= 0.3 is 0 Å². The summed E-state index contributed by atoms with van der Waals surface area (Å²) in [6, 6.07) is 15.2. The molecule has 30 heavy (non-hydrogen) atoms. The third-order valence-electron chi connectivity index (χ3n) is 4.60. The van der Waals surface area contributed by atoms with Crippen molar-refractivity contribution in [3.05, 3.63) is 65.3 Å². The molecule has 4 rings (SSSR count). The summed E-state index contributed by atoms with van der Waals surface area (Å²) in [5, 5.41) is 5.21. The van der Waals surface area contributed by atoms with E-state index >= 15 is 0 Å². The van der Waals surface area contributed by atoms with Gasteiger partial charge in [0.25, 0.3) is 0 Å². The van der Waals surface area contributed by atoms with E-state index in [1.54, 1.807) is 10.6 Å². The molecule has 2 heterocycles. The predicted octanol–water partition coefficient (Wildman–Crippen LogP) is 3.65. The quantitative estimate of drug-likeness (QED) is 0.494. The third-order valence-corrected chi connectivity index (χ3v) is 6.14. The highest BCUT2D eigenvalue weighted by Crippen LogP contribution is 2.27. The molecule has 7 nitrogen and oxygen atoms in total. The molecule has 1 N–H and O–H groups in total. The van der Waals surface area contributed by atoms with Crippen LogP contribution in [0.4, 0.5) is 5.13 Å². The zero-order valence-electron chi connectivity index (χ0n) is 16.5. The van der Waals surface area contributed by atoms with E-state index in [2.05, 4.69) is 15.3 Å². The molecule has 0 saturated carbocycles.